The minimum absolute atomic E-state index is 0.0422. The molecule has 416 valence electrons. The molecule has 2 heterocycles. The predicted octanol–water partition coefficient (Wildman–Crippen LogP) is -3.47. The summed E-state index contributed by atoms with van der Waals surface area (Å²) in [4.78, 5) is 127. The van der Waals surface area contributed by atoms with Crippen molar-refractivity contribution in [3.8, 4) is 6.07 Å². The van der Waals surface area contributed by atoms with E-state index in [0.717, 1.165) is 21.6 Å². The number of nitrogens with one attached hydrogen (secondary N) is 13. The van der Waals surface area contributed by atoms with Crippen molar-refractivity contribution >= 4 is 97.6 Å². The molecule has 4 rings (SSSR count). The van der Waals surface area contributed by atoms with Gasteiger partial charge in [0.25, 0.3) is 0 Å². The van der Waals surface area contributed by atoms with Crippen LogP contribution < -0.4 is 70.4 Å². The number of fused-ring (bicyclic) bond motifs is 1. The van der Waals surface area contributed by atoms with Crippen LogP contribution in [0.4, 0.5) is 0 Å². The van der Waals surface area contributed by atoms with Crippen LogP contribution in [0.15, 0.2) is 54.7 Å². The third kappa shape index (κ3) is 20.2. The molecule has 0 bridgehead atoms. The molecule has 27 nitrogen and oxygen atoms in total. The predicted molar refractivity (Wildman–Crippen MR) is 288 cm³/mol. The first-order chi connectivity index (χ1) is 36.6. The van der Waals surface area contributed by atoms with Gasteiger partial charge in [-0.2, -0.15) is 5.26 Å². The minimum Gasteiger partial charge on any atom is -0.391 e. The van der Waals surface area contributed by atoms with E-state index in [-0.39, 0.29) is 75.0 Å². The number of aromatic amines is 1. The van der Waals surface area contributed by atoms with Gasteiger partial charge >= 0.3 is 0 Å². The summed E-state index contributed by atoms with van der Waals surface area (Å²) in [6.45, 7) is 3.90. The highest BCUT2D eigenvalue weighted by Crippen LogP contribution is 2.24. The Balaban J connectivity index is 1.78. The normalized spacial score (nSPS) is 22.1. The van der Waals surface area contributed by atoms with Gasteiger partial charge in [0.05, 0.1) is 17.7 Å². The number of aliphatic hydroxyl groups excluding tert-OH is 1. The molecule has 9 atom stereocenters. The third-order valence-corrected chi connectivity index (χ3v) is 14.3. The van der Waals surface area contributed by atoms with Gasteiger partial charge in [-0.3, -0.25) is 54.0 Å². The van der Waals surface area contributed by atoms with E-state index in [1.54, 1.807) is 30.5 Å². The Hall–Kier alpha value is -8.10. The Morgan fingerprint density at radius 2 is 1.36 bits per heavy atom. The number of amides is 9. The van der Waals surface area contributed by atoms with E-state index < -0.39 is 108 Å². The van der Waals surface area contributed by atoms with E-state index in [0.29, 0.717) is 27.6 Å². The summed E-state index contributed by atoms with van der Waals surface area (Å²) in [5.41, 5.74) is 18.7. The standard InChI is InChI=1S/C48H67N17O10S2/c1-24-40(69)65-38(25(2)66)46(75)62-34(18-27-12-14-28(20-49)15-13-27)43(72)60-33(11-7-17-56-48(53)54)42(71)61-35(19-29-21-57-31-9-5-4-8-30(29)31)44(73)63-36(39(50)68)22-76-77-23-37(45(74)58-24)64-41(70)32(59-26(3)67)10-6-16-55-47(51)52/h4-5,8-9,12-15,21,24-25,32-38,57,66H,6-7,10-11,16-19,22-23H2,1-3H3,(H2,50,68)(H,58,74)(H,59,67)(H,60,72)(H,61,71)(H,62,75)(H,63,73)(H,64,70)(H,65,69)(H4,51,52,55)(H4,53,54,56)/t24-,25-,32+,33+,34-,35+,36+,37+,38+/m1/s1. The number of guanidine groups is 2. The largest absolute Gasteiger partial charge is 0.391 e. The second-order valence-electron chi connectivity index (χ2n) is 18.0. The zero-order valence-corrected chi connectivity index (χ0v) is 44.2. The Morgan fingerprint density at radius 1 is 0.766 bits per heavy atom. The number of aromatic nitrogens is 1. The topological polar surface area (TPSA) is 459 Å². The second-order valence-corrected chi connectivity index (χ2v) is 20.6. The molecule has 1 fully saturated rings. The quantitative estimate of drug-likeness (QED) is 0.0270. The number of H-pyrrole nitrogens is 1. The number of rotatable bonds is 17. The van der Waals surface area contributed by atoms with Crippen LogP contribution in [0.25, 0.3) is 10.9 Å². The van der Waals surface area contributed by atoms with Crippen molar-refractivity contribution in [3.05, 3.63) is 71.4 Å². The molecule has 1 aliphatic heterocycles. The van der Waals surface area contributed by atoms with E-state index >= 15 is 0 Å². The molecule has 3 aromatic rings. The van der Waals surface area contributed by atoms with Gasteiger partial charge in [-0.1, -0.05) is 51.9 Å². The zero-order chi connectivity index (χ0) is 56.8. The molecule has 1 saturated heterocycles. The summed E-state index contributed by atoms with van der Waals surface area (Å²) in [7, 11) is 1.94. The van der Waals surface area contributed by atoms with Gasteiger partial charge in [0.15, 0.2) is 11.9 Å². The van der Waals surface area contributed by atoms with E-state index in [1.165, 1.54) is 45.0 Å². The van der Waals surface area contributed by atoms with Crippen molar-refractivity contribution in [2.45, 2.75) is 114 Å². The molecule has 77 heavy (non-hydrogen) atoms. The van der Waals surface area contributed by atoms with Crippen LogP contribution in [0.1, 0.15) is 63.1 Å². The van der Waals surface area contributed by atoms with Crippen LogP contribution >= 0.6 is 21.6 Å². The number of nitrogens with zero attached hydrogens (tertiary/aromatic N) is 1. The highest BCUT2D eigenvalue weighted by molar-refractivity contribution is 8.76. The molecule has 1 aliphatic rings. The lowest BCUT2D eigenvalue weighted by Crippen LogP contribution is -2.62. The van der Waals surface area contributed by atoms with Crippen LogP contribution in [0.5, 0.6) is 0 Å². The van der Waals surface area contributed by atoms with E-state index in [4.69, 9.17) is 28.0 Å². The van der Waals surface area contributed by atoms with Crippen LogP contribution in [0, 0.1) is 22.1 Å². The number of primary amides is 1. The van der Waals surface area contributed by atoms with Crippen LogP contribution in [-0.4, -0.2) is 154 Å². The molecular formula is C48H67N17O10S2. The van der Waals surface area contributed by atoms with Crippen molar-refractivity contribution in [2.75, 3.05) is 24.6 Å². The molecule has 0 saturated carbocycles. The summed E-state index contributed by atoms with van der Waals surface area (Å²) in [5, 5.41) is 61.8. The lowest BCUT2D eigenvalue weighted by molar-refractivity contribution is -0.136. The minimum atomic E-state index is -1.75. The van der Waals surface area contributed by atoms with Gasteiger partial charge in [-0.15, -0.1) is 0 Å². The van der Waals surface area contributed by atoms with Crippen LogP contribution in [-0.2, 0) is 56.0 Å². The Labute approximate surface area is 451 Å². The number of carbonyl (C=O) groups is 9. The maximum atomic E-state index is 14.6. The number of nitrogens with two attached hydrogens (primary N) is 3. The molecule has 0 unspecified atom stereocenters. The molecule has 29 heteroatoms. The summed E-state index contributed by atoms with van der Waals surface area (Å²) >= 11 is 0. The summed E-state index contributed by atoms with van der Waals surface area (Å²) in [5.74, 6) is -9.06. The molecule has 20 N–H and O–H groups in total. The summed E-state index contributed by atoms with van der Waals surface area (Å²) in [6, 6.07) is 3.60. The van der Waals surface area contributed by atoms with Crippen LogP contribution in [0.3, 0.4) is 0 Å². The third-order valence-electron chi connectivity index (χ3n) is 11.8. The van der Waals surface area contributed by atoms with Gasteiger partial charge < -0.3 is 80.5 Å². The van der Waals surface area contributed by atoms with E-state index in [9.17, 15) is 53.5 Å². The summed E-state index contributed by atoms with van der Waals surface area (Å²) < 4.78 is 0. The van der Waals surface area contributed by atoms with Crippen molar-refractivity contribution in [1.82, 2.24) is 58.2 Å². The molecule has 0 aliphatic carbocycles. The highest BCUT2D eigenvalue weighted by Gasteiger charge is 2.36. The van der Waals surface area contributed by atoms with Gasteiger partial charge in [0.2, 0.25) is 53.2 Å². The number of benzene rings is 2. The first-order valence-corrected chi connectivity index (χ1v) is 26.9. The number of hydrogen-bond acceptors (Lipinski definition) is 15. The molecular weight excluding hydrogens is 1040 g/mol. The zero-order valence-electron chi connectivity index (χ0n) is 42.6. The van der Waals surface area contributed by atoms with Crippen LogP contribution in [0.2, 0.25) is 0 Å². The first-order valence-electron chi connectivity index (χ1n) is 24.4. The fourth-order valence-electron chi connectivity index (χ4n) is 7.76. The molecule has 2 aromatic carbocycles. The monoisotopic (exact) mass is 1110 g/mol. The summed E-state index contributed by atoms with van der Waals surface area (Å²) in [6.07, 6.45) is -0.0437. The Morgan fingerprint density at radius 3 is 2.00 bits per heavy atom. The van der Waals surface area contributed by atoms with Gasteiger partial charge in [0.1, 0.15) is 48.3 Å². The fraction of sp³-hybridized carbons (Fsp3) is 0.458. The maximum Gasteiger partial charge on any atom is 0.245 e. The SMILES string of the molecule is CC(=O)N[C@@H](CCCNC(=N)N)C(=O)N[C@H]1CSSC[C@@H](C(N)=O)NC(=O)[C@H](Cc2c[nH]c3ccccc23)NC(=O)[C@H](CCCNC(=N)N)NC(=O)[C@@H](Cc2ccc(C#N)cc2)NC(=O)[C@H]([C@@H](C)O)NC(=O)[C@@H](C)NC1=O. The highest BCUT2D eigenvalue weighted by atomic mass is 33.1. The number of carbonyl (C=O) groups excluding carboxylic acids is 9. The second kappa shape index (κ2) is 30.5. The number of aliphatic hydroxyl groups is 1. The average Bonchev–Trinajstić information content (AvgIpc) is 3.78. The smallest absolute Gasteiger partial charge is 0.245 e. The lowest BCUT2D eigenvalue weighted by Gasteiger charge is -2.28. The van der Waals surface area contributed by atoms with Crippen molar-refractivity contribution in [1.29, 1.82) is 16.1 Å². The maximum absolute atomic E-state index is 14.6. The molecule has 9 amide bonds. The van der Waals surface area contributed by atoms with Gasteiger partial charge in [-0.05, 0) is 68.9 Å². The number of hydrogen-bond donors (Lipinski definition) is 17. The van der Waals surface area contributed by atoms with E-state index in [2.05, 4.69) is 58.2 Å². The molecule has 0 radical (unpaired) electrons. The molecule has 0 spiro atoms. The Bertz CT molecular complexity index is 2660. The van der Waals surface area contributed by atoms with E-state index in [1.807, 2.05) is 6.07 Å². The van der Waals surface area contributed by atoms with Crippen molar-refractivity contribution in [2.24, 2.45) is 17.2 Å². The number of nitriles is 1. The first kappa shape index (κ1) is 61.4. The van der Waals surface area contributed by atoms with Gasteiger partial charge in [0, 0.05) is 61.5 Å². The molecule has 1 aromatic heterocycles. The van der Waals surface area contributed by atoms with Gasteiger partial charge in [-0.25, -0.2) is 0 Å². The lowest BCUT2D eigenvalue weighted by atomic mass is 10.0. The Kier molecular flexibility index (Phi) is 24.3. The number of para-hydroxylation sites is 1. The fourth-order valence-corrected chi connectivity index (χ4v) is 10.1. The van der Waals surface area contributed by atoms with Crippen molar-refractivity contribution in [3.63, 3.8) is 0 Å². The average molecular weight is 1110 g/mol. The van der Waals surface area contributed by atoms with Crippen molar-refractivity contribution < 1.29 is 48.3 Å².